The number of hydrogen-bond acceptors (Lipinski definition) is 4. The molecular formula is C25H20FNO3. The molecular weight excluding hydrogens is 381 g/mol. The fraction of sp³-hybridized carbons (Fsp3) is 0.160. The minimum atomic E-state index is -0.323. The second-order valence-corrected chi connectivity index (χ2v) is 7.52. The van der Waals surface area contributed by atoms with Crippen molar-refractivity contribution < 1.29 is 13.5 Å². The van der Waals surface area contributed by atoms with E-state index in [4.69, 9.17) is 9.15 Å². The topological polar surface area (TPSA) is 42.7 Å². The van der Waals surface area contributed by atoms with E-state index >= 15 is 0 Å². The lowest BCUT2D eigenvalue weighted by molar-refractivity contribution is 0.289. The molecule has 1 aliphatic heterocycles. The van der Waals surface area contributed by atoms with Crippen LogP contribution < -0.4 is 15.3 Å². The summed E-state index contributed by atoms with van der Waals surface area (Å²) in [6.45, 7) is 2.82. The zero-order valence-corrected chi connectivity index (χ0v) is 16.5. The molecule has 5 rings (SSSR count). The molecule has 1 aromatic heterocycles. The number of ether oxygens (including phenoxy) is 1. The number of nitrogens with zero attached hydrogens (tertiary/aromatic N) is 1. The third-order valence-electron chi connectivity index (χ3n) is 5.66. The van der Waals surface area contributed by atoms with Gasteiger partial charge in [0.2, 0.25) is 0 Å². The summed E-state index contributed by atoms with van der Waals surface area (Å²) in [5.74, 6) is 0.425. The maximum Gasteiger partial charge on any atom is 0.340 e. The molecule has 4 aromatic rings. The molecule has 0 unspecified atom stereocenters. The van der Waals surface area contributed by atoms with Crippen molar-refractivity contribution in [3.8, 4) is 5.75 Å². The van der Waals surface area contributed by atoms with Gasteiger partial charge >= 0.3 is 5.63 Å². The van der Waals surface area contributed by atoms with Crippen LogP contribution in [0.1, 0.15) is 22.3 Å². The number of rotatable bonds is 3. The van der Waals surface area contributed by atoms with Crippen LogP contribution >= 0.6 is 0 Å². The third-order valence-corrected chi connectivity index (χ3v) is 5.66. The number of fused-ring (bicyclic) bond motifs is 3. The lowest BCUT2D eigenvalue weighted by atomic mass is 9.97. The Bertz CT molecular complexity index is 1280. The smallest absolute Gasteiger partial charge is 0.340 e. The van der Waals surface area contributed by atoms with E-state index in [9.17, 15) is 9.18 Å². The third kappa shape index (κ3) is 3.22. The van der Waals surface area contributed by atoms with Gasteiger partial charge in [-0.25, -0.2) is 9.18 Å². The van der Waals surface area contributed by atoms with Gasteiger partial charge in [0.15, 0.2) is 6.73 Å². The van der Waals surface area contributed by atoms with Gasteiger partial charge in [-0.1, -0.05) is 30.3 Å². The molecule has 5 heteroatoms. The minimum Gasteiger partial charge on any atom is -0.473 e. The molecule has 0 fully saturated rings. The second-order valence-electron chi connectivity index (χ2n) is 7.52. The van der Waals surface area contributed by atoms with E-state index in [-0.39, 0.29) is 11.4 Å². The van der Waals surface area contributed by atoms with Crippen molar-refractivity contribution in [1.82, 2.24) is 0 Å². The molecule has 0 saturated heterocycles. The van der Waals surface area contributed by atoms with Gasteiger partial charge in [-0.2, -0.15) is 0 Å². The first-order valence-electron chi connectivity index (χ1n) is 9.85. The Balaban J connectivity index is 1.57. The number of hydrogen-bond donors (Lipinski definition) is 0. The first-order valence-corrected chi connectivity index (χ1v) is 9.85. The molecule has 150 valence electrons. The summed E-state index contributed by atoms with van der Waals surface area (Å²) in [6, 6.07) is 20.1. The van der Waals surface area contributed by atoms with Gasteiger partial charge in [0, 0.05) is 23.1 Å². The van der Waals surface area contributed by atoms with E-state index < -0.39 is 0 Å². The largest absolute Gasteiger partial charge is 0.473 e. The van der Waals surface area contributed by atoms with Crippen LogP contribution in [0.2, 0.25) is 0 Å². The maximum atomic E-state index is 13.3. The van der Waals surface area contributed by atoms with Crippen molar-refractivity contribution in [3.63, 3.8) is 0 Å². The van der Waals surface area contributed by atoms with Crippen LogP contribution in [0.15, 0.2) is 75.9 Å². The lowest BCUT2D eigenvalue weighted by Crippen LogP contribution is -2.32. The van der Waals surface area contributed by atoms with Crippen molar-refractivity contribution >= 4 is 16.7 Å². The van der Waals surface area contributed by atoms with E-state index in [1.807, 2.05) is 54.3 Å². The molecule has 0 saturated carbocycles. The SMILES string of the molecule is Cc1c(Cc2ccccc2)c(=O)oc2c3c(ccc12)OCN(c1ccc(F)cc1)C3. The maximum absolute atomic E-state index is 13.3. The summed E-state index contributed by atoms with van der Waals surface area (Å²) in [4.78, 5) is 14.9. The summed E-state index contributed by atoms with van der Waals surface area (Å²) >= 11 is 0. The van der Waals surface area contributed by atoms with Crippen molar-refractivity contribution in [2.24, 2.45) is 0 Å². The van der Waals surface area contributed by atoms with Gasteiger partial charge in [-0.05, 0) is 54.4 Å². The van der Waals surface area contributed by atoms with Crippen molar-refractivity contribution in [2.75, 3.05) is 11.6 Å². The van der Waals surface area contributed by atoms with Gasteiger partial charge in [0.25, 0.3) is 0 Å². The predicted molar refractivity (Wildman–Crippen MR) is 115 cm³/mol. The number of aryl methyl sites for hydroxylation is 1. The van der Waals surface area contributed by atoms with Crippen LogP contribution in [0.4, 0.5) is 10.1 Å². The molecule has 1 aliphatic rings. The van der Waals surface area contributed by atoms with Crippen molar-refractivity contribution in [2.45, 2.75) is 19.9 Å². The molecule has 2 heterocycles. The van der Waals surface area contributed by atoms with Crippen LogP contribution in [0.5, 0.6) is 5.75 Å². The van der Waals surface area contributed by atoms with Gasteiger partial charge in [-0.15, -0.1) is 0 Å². The second kappa shape index (κ2) is 7.34. The Morgan fingerprint density at radius 3 is 2.53 bits per heavy atom. The van der Waals surface area contributed by atoms with Gasteiger partial charge in [0.1, 0.15) is 17.1 Å². The van der Waals surface area contributed by atoms with Crippen LogP contribution in [-0.2, 0) is 13.0 Å². The average Bonchev–Trinajstić information content (AvgIpc) is 2.77. The van der Waals surface area contributed by atoms with Crippen molar-refractivity contribution in [3.05, 3.63) is 105 Å². The summed E-state index contributed by atoms with van der Waals surface area (Å²) in [5.41, 5.74) is 4.56. The Hall–Kier alpha value is -3.60. The van der Waals surface area contributed by atoms with E-state index in [2.05, 4.69) is 0 Å². The lowest BCUT2D eigenvalue weighted by Gasteiger charge is -2.31. The first kappa shape index (κ1) is 18.4. The summed E-state index contributed by atoms with van der Waals surface area (Å²) in [7, 11) is 0. The van der Waals surface area contributed by atoms with E-state index in [0.29, 0.717) is 36.6 Å². The molecule has 0 bridgehead atoms. The predicted octanol–water partition coefficient (Wildman–Crippen LogP) is 5.19. The summed E-state index contributed by atoms with van der Waals surface area (Å²) in [5, 5.41) is 0.906. The first-order chi connectivity index (χ1) is 14.6. The highest BCUT2D eigenvalue weighted by atomic mass is 19.1. The quantitative estimate of drug-likeness (QED) is 0.443. The van der Waals surface area contributed by atoms with Gasteiger partial charge < -0.3 is 14.1 Å². The zero-order valence-electron chi connectivity index (χ0n) is 16.5. The van der Waals surface area contributed by atoms with Crippen LogP contribution in [0.25, 0.3) is 11.0 Å². The Labute approximate surface area is 173 Å². The van der Waals surface area contributed by atoms with E-state index in [1.54, 1.807) is 12.1 Å². The highest BCUT2D eigenvalue weighted by Gasteiger charge is 2.23. The normalized spacial score (nSPS) is 13.2. The number of anilines is 1. The molecule has 30 heavy (non-hydrogen) atoms. The monoisotopic (exact) mass is 401 g/mol. The Morgan fingerprint density at radius 1 is 1.00 bits per heavy atom. The summed E-state index contributed by atoms with van der Waals surface area (Å²) < 4.78 is 25.0. The highest BCUT2D eigenvalue weighted by molar-refractivity contribution is 5.86. The number of benzene rings is 3. The van der Waals surface area contributed by atoms with Crippen LogP contribution in [-0.4, -0.2) is 6.73 Å². The van der Waals surface area contributed by atoms with Gasteiger partial charge in [0.05, 0.1) is 12.1 Å². The molecule has 3 aromatic carbocycles. The fourth-order valence-electron chi connectivity index (χ4n) is 3.98. The van der Waals surface area contributed by atoms with Crippen LogP contribution in [0.3, 0.4) is 0 Å². The molecule has 0 aliphatic carbocycles. The molecule has 0 radical (unpaired) electrons. The highest BCUT2D eigenvalue weighted by Crippen LogP contribution is 2.35. The standard InChI is InChI=1S/C25H20FNO3/c1-16-20-11-12-23-22(14-27(15-29-23)19-9-7-18(26)8-10-19)24(20)30-25(28)21(16)13-17-5-3-2-4-6-17/h2-12H,13-15H2,1H3. The minimum absolute atomic E-state index is 0.282. The Kier molecular flexibility index (Phi) is 4.51. The molecule has 4 nitrogen and oxygen atoms in total. The fourth-order valence-corrected chi connectivity index (χ4v) is 3.98. The molecule has 0 atom stereocenters. The molecule has 0 amide bonds. The van der Waals surface area contributed by atoms with Gasteiger partial charge in [-0.3, -0.25) is 0 Å². The Morgan fingerprint density at radius 2 is 1.77 bits per heavy atom. The molecule has 0 N–H and O–H groups in total. The molecule has 0 spiro atoms. The van der Waals surface area contributed by atoms with E-state index in [0.717, 1.165) is 27.8 Å². The van der Waals surface area contributed by atoms with Crippen LogP contribution in [0, 0.1) is 12.7 Å². The van der Waals surface area contributed by atoms with Crippen molar-refractivity contribution in [1.29, 1.82) is 0 Å². The number of halogens is 1. The average molecular weight is 401 g/mol. The zero-order chi connectivity index (χ0) is 20.7. The van der Waals surface area contributed by atoms with E-state index in [1.165, 1.54) is 12.1 Å². The summed E-state index contributed by atoms with van der Waals surface area (Å²) in [6.07, 6.45) is 0.528.